The molecule has 0 saturated carbocycles. The molecule has 0 amide bonds. The van der Waals surface area contributed by atoms with Crippen LogP contribution < -0.4 is 5.11 Å². The SMILES string of the molecule is CCCCCCCCCCCCCCCC[N+]1(CC(=O)[O-])CCOCC1. The lowest BCUT2D eigenvalue weighted by Crippen LogP contribution is -2.59. The van der Waals surface area contributed by atoms with Gasteiger partial charge in [-0.1, -0.05) is 84.0 Å². The number of ether oxygens (including phenoxy) is 1. The maximum absolute atomic E-state index is 11.1. The molecule has 4 nitrogen and oxygen atoms in total. The number of aliphatic carboxylic acids is 1. The van der Waals surface area contributed by atoms with E-state index < -0.39 is 5.97 Å². The van der Waals surface area contributed by atoms with Crippen molar-refractivity contribution in [3.63, 3.8) is 0 Å². The Morgan fingerprint density at radius 1 is 0.769 bits per heavy atom. The van der Waals surface area contributed by atoms with Crippen molar-refractivity contribution in [2.24, 2.45) is 0 Å². The van der Waals surface area contributed by atoms with Crippen LogP contribution in [0.4, 0.5) is 0 Å². The van der Waals surface area contributed by atoms with Gasteiger partial charge in [0.2, 0.25) is 0 Å². The van der Waals surface area contributed by atoms with Crippen molar-refractivity contribution in [1.82, 2.24) is 0 Å². The molecule has 0 atom stereocenters. The van der Waals surface area contributed by atoms with Gasteiger partial charge in [0.1, 0.15) is 19.6 Å². The summed E-state index contributed by atoms with van der Waals surface area (Å²) in [6, 6.07) is 0. The molecule has 0 aromatic rings. The van der Waals surface area contributed by atoms with Crippen molar-refractivity contribution in [3.8, 4) is 0 Å². The molecule has 1 saturated heterocycles. The molecular weight excluding hydrogens is 326 g/mol. The first kappa shape index (κ1) is 23.4. The van der Waals surface area contributed by atoms with E-state index in [4.69, 9.17) is 4.74 Å². The van der Waals surface area contributed by atoms with Crippen molar-refractivity contribution in [1.29, 1.82) is 0 Å². The minimum absolute atomic E-state index is 0.155. The predicted octanol–water partition coefficient (Wildman–Crippen LogP) is 4.06. The van der Waals surface area contributed by atoms with E-state index in [1.807, 2.05) is 0 Å². The summed E-state index contributed by atoms with van der Waals surface area (Å²) in [5, 5.41) is 11.1. The average Bonchev–Trinajstić information content (AvgIpc) is 2.62. The van der Waals surface area contributed by atoms with Gasteiger partial charge in [-0.15, -0.1) is 0 Å². The summed E-state index contributed by atoms with van der Waals surface area (Å²) in [5.41, 5.74) is 0. The number of quaternary nitrogens is 1. The molecule has 0 radical (unpaired) electrons. The maximum atomic E-state index is 11.1. The lowest BCUT2D eigenvalue weighted by atomic mass is 10.0. The van der Waals surface area contributed by atoms with E-state index in [0.717, 1.165) is 26.1 Å². The highest BCUT2D eigenvalue weighted by Crippen LogP contribution is 2.16. The van der Waals surface area contributed by atoms with Crippen LogP contribution in [0.1, 0.15) is 96.8 Å². The van der Waals surface area contributed by atoms with Crippen LogP contribution in [-0.2, 0) is 9.53 Å². The van der Waals surface area contributed by atoms with Gasteiger partial charge in [-0.2, -0.15) is 0 Å². The summed E-state index contributed by atoms with van der Waals surface area (Å²) in [7, 11) is 0. The molecule has 154 valence electrons. The summed E-state index contributed by atoms with van der Waals surface area (Å²) in [4.78, 5) is 11.1. The maximum Gasteiger partial charge on any atom is 0.119 e. The quantitative estimate of drug-likeness (QED) is 0.287. The zero-order valence-corrected chi connectivity index (χ0v) is 17.3. The minimum atomic E-state index is -0.919. The molecule has 1 aliphatic heterocycles. The summed E-state index contributed by atoms with van der Waals surface area (Å²) in [6.07, 6.45) is 19.0. The van der Waals surface area contributed by atoms with Crippen molar-refractivity contribution in [2.45, 2.75) is 96.8 Å². The second-order valence-corrected chi connectivity index (χ2v) is 8.25. The van der Waals surface area contributed by atoms with E-state index in [1.54, 1.807) is 0 Å². The zero-order valence-electron chi connectivity index (χ0n) is 17.3. The molecular formula is C22H43NO3. The van der Waals surface area contributed by atoms with Gasteiger partial charge in [-0.3, -0.25) is 0 Å². The number of carboxylic acids is 1. The third-order valence-corrected chi connectivity index (χ3v) is 5.87. The summed E-state index contributed by atoms with van der Waals surface area (Å²) in [6.45, 7) is 6.42. The fraction of sp³-hybridized carbons (Fsp3) is 0.955. The number of morpholine rings is 1. The summed E-state index contributed by atoms with van der Waals surface area (Å²) < 4.78 is 6.07. The van der Waals surface area contributed by atoms with Crippen LogP contribution in [0.25, 0.3) is 0 Å². The van der Waals surface area contributed by atoms with Gasteiger partial charge in [-0.05, 0) is 12.8 Å². The number of rotatable bonds is 17. The Morgan fingerprint density at radius 3 is 1.62 bits per heavy atom. The van der Waals surface area contributed by atoms with E-state index in [9.17, 15) is 9.90 Å². The number of carboxylic acid groups (broad SMARTS) is 1. The Bertz CT molecular complexity index is 340. The number of carbonyl (C=O) groups is 1. The summed E-state index contributed by atoms with van der Waals surface area (Å²) in [5.74, 6) is -0.919. The standard InChI is InChI=1S/C22H43NO3/c1-2-3-4-5-6-7-8-9-10-11-12-13-14-15-16-23(21-22(24)25)17-19-26-20-18-23/h2-21H2,1H3. The van der Waals surface area contributed by atoms with Gasteiger partial charge in [-0.25, -0.2) is 0 Å². The normalized spacial score (nSPS) is 16.7. The smallest absolute Gasteiger partial charge is 0.119 e. The summed E-state index contributed by atoms with van der Waals surface area (Å²) >= 11 is 0. The van der Waals surface area contributed by atoms with Crippen LogP contribution in [0.15, 0.2) is 0 Å². The predicted molar refractivity (Wildman–Crippen MR) is 106 cm³/mol. The molecule has 26 heavy (non-hydrogen) atoms. The third kappa shape index (κ3) is 11.9. The molecule has 1 fully saturated rings. The topological polar surface area (TPSA) is 49.4 Å². The first-order valence-electron chi connectivity index (χ1n) is 11.3. The Hall–Kier alpha value is -0.610. The fourth-order valence-electron chi connectivity index (χ4n) is 4.11. The highest BCUT2D eigenvalue weighted by molar-refractivity contribution is 5.65. The van der Waals surface area contributed by atoms with Crippen LogP contribution in [0.2, 0.25) is 0 Å². The molecule has 4 heteroatoms. The number of carbonyl (C=O) groups excluding carboxylic acids is 1. The van der Waals surface area contributed by atoms with Gasteiger partial charge in [0.05, 0.1) is 25.7 Å². The third-order valence-electron chi connectivity index (χ3n) is 5.87. The Kier molecular flexibility index (Phi) is 13.9. The zero-order chi connectivity index (χ0) is 18.9. The number of nitrogens with zero attached hydrogens (tertiary/aromatic N) is 1. The molecule has 0 aromatic heterocycles. The van der Waals surface area contributed by atoms with Crippen LogP contribution >= 0.6 is 0 Å². The van der Waals surface area contributed by atoms with Crippen LogP contribution in [0.3, 0.4) is 0 Å². The number of hydrogen-bond acceptors (Lipinski definition) is 3. The second kappa shape index (κ2) is 15.4. The van der Waals surface area contributed by atoms with Gasteiger partial charge in [0.25, 0.3) is 0 Å². The van der Waals surface area contributed by atoms with Gasteiger partial charge >= 0.3 is 0 Å². The molecule has 1 rings (SSSR count). The van der Waals surface area contributed by atoms with Gasteiger partial charge < -0.3 is 19.1 Å². The molecule has 0 N–H and O–H groups in total. The van der Waals surface area contributed by atoms with E-state index in [0.29, 0.717) is 17.7 Å². The first-order chi connectivity index (χ1) is 12.7. The number of hydrogen-bond donors (Lipinski definition) is 0. The number of unbranched alkanes of at least 4 members (excludes halogenated alkanes) is 13. The fourth-order valence-corrected chi connectivity index (χ4v) is 4.11. The monoisotopic (exact) mass is 369 g/mol. The molecule has 1 aliphatic rings. The van der Waals surface area contributed by atoms with Crippen molar-refractivity contribution in [3.05, 3.63) is 0 Å². The van der Waals surface area contributed by atoms with Crippen LogP contribution in [-0.4, -0.2) is 49.8 Å². The second-order valence-electron chi connectivity index (χ2n) is 8.25. The van der Waals surface area contributed by atoms with Crippen LogP contribution in [0.5, 0.6) is 0 Å². The average molecular weight is 370 g/mol. The minimum Gasteiger partial charge on any atom is -0.544 e. The lowest BCUT2D eigenvalue weighted by Gasteiger charge is -2.41. The van der Waals surface area contributed by atoms with Gasteiger partial charge in [0, 0.05) is 0 Å². The Morgan fingerprint density at radius 2 is 1.19 bits per heavy atom. The lowest BCUT2D eigenvalue weighted by molar-refractivity contribution is -0.930. The van der Waals surface area contributed by atoms with E-state index in [2.05, 4.69) is 6.92 Å². The van der Waals surface area contributed by atoms with Crippen molar-refractivity contribution < 1.29 is 19.1 Å². The highest BCUT2D eigenvalue weighted by Gasteiger charge is 2.29. The molecule has 1 heterocycles. The van der Waals surface area contributed by atoms with Gasteiger partial charge in [0.15, 0.2) is 0 Å². The molecule has 0 aliphatic carbocycles. The van der Waals surface area contributed by atoms with Crippen molar-refractivity contribution >= 4 is 5.97 Å². The van der Waals surface area contributed by atoms with Crippen LogP contribution in [0, 0.1) is 0 Å². The molecule has 0 unspecified atom stereocenters. The molecule has 0 aromatic carbocycles. The Labute approximate surface area is 161 Å². The van der Waals surface area contributed by atoms with E-state index in [-0.39, 0.29) is 6.54 Å². The van der Waals surface area contributed by atoms with E-state index >= 15 is 0 Å². The largest absolute Gasteiger partial charge is 0.544 e. The first-order valence-corrected chi connectivity index (χ1v) is 11.3. The molecule has 0 spiro atoms. The van der Waals surface area contributed by atoms with E-state index in [1.165, 1.54) is 83.5 Å². The Balaban J connectivity index is 1.91. The highest BCUT2D eigenvalue weighted by atomic mass is 16.5. The molecule has 0 bridgehead atoms. The van der Waals surface area contributed by atoms with Crippen molar-refractivity contribution in [2.75, 3.05) is 39.4 Å².